The number of ether oxygens (including phenoxy) is 1. The summed E-state index contributed by atoms with van der Waals surface area (Å²) in [5.41, 5.74) is 1.54. The molecule has 0 unspecified atom stereocenters. The Balaban J connectivity index is 1.63. The van der Waals surface area contributed by atoms with E-state index in [2.05, 4.69) is 15.0 Å². The van der Waals surface area contributed by atoms with Gasteiger partial charge in [0.15, 0.2) is 0 Å². The summed E-state index contributed by atoms with van der Waals surface area (Å²) in [5.74, 6) is 0.0545. The average molecular weight is 333 g/mol. The lowest BCUT2D eigenvalue weighted by atomic mass is 10.2. The van der Waals surface area contributed by atoms with Crippen molar-refractivity contribution in [3.05, 3.63) is 54.4 Å². The average Bonchev–Trinajstić information content (AvgIpc) is 3.40. The van der Waals surface area contributed by atoms with Crippen molar-refractivity contribution >= 4 is 11.7 Å². The minimum atomic E-state index is -2.86. The van der Waals surface area contributed by atoms with Gasteiger partial charge in [-0.3, -0.25) is 4.98 Å². The number of nitrogens with zero attached hydrogens (tertiary/aromatic N) is 2. The number of rotatable bonds is 6. The number of pyridine rings is 1. The zero-order valence-electron chi connectivity index (χ0n) is 12.9. The second kappa shape index (κ2) is 7.25. The number of carbonyl (C=O) groups excluding carboxylic acids is 1. The molecule has 0 aliphatic heterocycles. The Hall–Kier alpha value is -2.70. The number of urea groups is 1. The summed E-state index contributed by atoms with van der Waals surface area (Å²) in [4.78, 5) is 18.3. The molecule has 24 heavy (non-hydrogen) atoms. The van der Waals surface area contributed by atoms with Crippen molar-refractivity contribution in [3.8, 4) is 5.75 Å². The van der Waals surface area contributed by atoms with Crippen LogP contribution in [0, 0.1) is 0 Å². The topological polar surface area (TPSA) is 54.5 Å². The normalized spacial score (nSPS) is 13.6. The van der Waals surface area contributed by atoms with Crippen molar-refractivity contribution in [3.63, 3.8) is 0 Å². The smallest absolute Gasteiger partial charge is 0.387 e. The van der Waals surface area contributed by atoms with Crippen LogP contribution in [0.1, 0.15) is 18.4 Å². The number of hydrogen-bond acceptors (Lipinski definition) is 3. The van der Waals surface area contributed by atoms with Gasteiger partial charge in [-0.15, -0.1) is 0 Å². The van der Waals surface area contributed by atoms with Crippen molar-refractivity contribution in [1.29, 1.82) is 0 Å². The van der Waals surface area contributed by atoms with Crippen LogP contribution in [0.4, 0.5) is 19.3 Å². The van der Waals surface area contributed by atoms with Gasteiger partial charge in [0, 0.05) is 30.7 Å². The van der Waals surface area contributed by atoms with Crippen LogP contribution in [-0.4, -0.2) is 28.6 Å². The Kier molecular flexibility index (Phi) is 4.88. The van der Waals surface area contributed by atoms with Crippen LogP contribution in [0.25, 0.3) is 0 Å². The molecule has 3 rings (SSSR count). The molecule has 2 amide bonds. The number of alkyl halides is 2. The lowest BCUT2D eigenvalue weighted by Gasteiger charge is -2.23. The molecule has 0 spiro atoms. The van der Waals surface area contributed by atoms with E-state index in [-0.39, 0.29) is 17.8 Å². The molecular formula is C17H17F2N3O2. The molecule has 1 heterocycles. The fourth-order valence-electron chi connectivity index (χ4n) is 2.35. The van der Waals surface area contributed by atoms with Gasteiger partial charge in [0.25, 0.3) is 0 Å². The second-order valence-electron chi connectivity index (χ2n) is 5.55. The molecule has 2 aromatic rings. The van der Waals surface area contributed by atoms with Crippen molar-refractivity contribution < 1.29 is 18.3 Å². The second-order valence-corrected chi connectivity index (χ2v) is 5.55. The van der Waals surface area contributed by atoms with E-state index in [9.17, 15) is 13.6 Å². The number of nitrogens with one attached hydrogen (secondary N) is 1. The number of hydrogen-bond donors (Lipinski definition) is 1. The first-order valence-electron chi connectivity index (χ1n) is 7.63. The summed E-state index contributed by atoms with van der Waals surface area (Å²) in [6, 6.07) is 9.63. The van der Waals surface area contributed by atoms with Crippen molar-refractivity contribution in [2.45, 2.75) is 32.0 Å². The number of halogens is 2. The predicted octanol–water partition coefficient (Wildman–Crippen LogP) is 3.88. The van der Waals surface area contributed by atoms with E-state index in [1.54, 1.807) is 17.3 Å². The minimum Gasteiger partial charge on any atom is -0.435 e. The Labute approximate surface area is 138 Å². The van der Waals surface area contributed by atoms with E-state index in [1.807, 2.05) is 12.1 Å². The maximum Gasteiger partial charge on any atom is 0.387 e. The largest absolute Gasteiger partial charge is 0.435 e. The molecule has 1 aromatic carbocycles. The maximum atomic E-state index is 12.5. The molecule has 1 aliphatic carbocycles. The molecular weight excluding hydrogens is 316 g/mol. The highest BCUT2D eigenvalue weighted by atomic mass is 19.3. The Morgan fingerprint density at radius 2 is 1.88 bits per heavy atom. The molecule has 126 valence electrons. The SMILES string of the molecule is O=C(Nc1ccc(OC(F)F)cc1)N(Cc1ccncc1)C1CC1. The van der Waals surface area contributed by atoms with E-state index in [1.165, 1.54) is 24.3 Å². The van der Waals surface area contributed by atoms with Gasteiger partial charge in [0.05, 0.1) is 0 Å². The van der Waals surface area contributed by atoms with Gasteiger partial charge in [0.2, 0.25) is 0 Å². The zero-order chi connectivity index (χ0) is 16.9. The van der Waals surface area contributed by atoms with E-state index in [4.69, 9.17) is 0 Å². The highest BCUT2D eigenvalue weighted by Gasteiger charge is 2.32. The first kappa shape index (κ1) is 16.2. The number of aromatic nitrogens is 1. The standard InChI is InChI=1S/C17H17F2N3O2/c18-16(19)24-15-5-1-13(2-6-15)21-17(23)22(14-3-4-14)11-12-7-9-20-10-8-12/h1-2,5-10,14,16H,3-4,11H2,(H,21,23). The molecule has 0 saturated heterocycles. The summed E-state index contributed by atoms with van der Waals surface area (Å²) in [6.45, 7) is -2.36. The van der Waals surface area contributed by atoms with Crippen LogP contribution in [-0.2, 0) is 6.54 Å². The van der Waals surface area contributed by atoms with Crippen LogP contribution in [0.2, 0.25) is 0 Å². The van der Waals surface area contributed by atoms with Crippen LogP contribution in [0.5, 0.6) is 5.75 Å². The Bertz CT molecular complexity index is 676. The summed E-state index contributed by atoms with van der Waals surface area (Å²) in [7, 11) is 0. The minimum absolute atomic E-state index is 0.0545. The maximum absolute atomic E-state index is 12.5. The van der Waals surface area contributed by atoms with Crippen molar-refractivity contribution in [1.82, 2.24) is 9.88 Å². The third kappa shape index (κ3) is 4.41. The van der Waals surface area contributed by atoms with E-state index in [0.29, 0.717) is 12.2 Å². The molecule has 1 N–H and O–H groups in total. The molecule has 0 radical (unpaired) electrons. The number of amides is 2. The van der Waals surface area contributed by atoms with E-state index in [0.717, 1.165) is 18.4 Å². The summed E-state index contributed by atoms with van der Waals surface area (Å²) in [5, 5.41) is 2.79. The highest BCUT2D eigenvalue weighted by Crippen LogP contribution is 2.29. The highest BCUT2D eigenvalue weighted by molar-refractivity contribution is 5.89. The molecule has 5 nitrogen and oxygen atoms in total. The molecule has 1 aliphatic rings. The van der Waals surface area contributed by atoms with Gasteiger partial charge in [-0.25, -0.2) is 4.79 Å². The lowest BCUT2D eigenvalue weighted by Crippen LogP contribution is -2.36. The van der Waals surface area contributed by atoms with Crippen LogP contribution >= 0.6 is 0 Å². The van der Waals surface area contributed by atoms with E-state index >= 15 is 0 Å². The Morgan fingerprint density at radius 1 is 1.21 bits per heavy atom. The predicted molar refractivity (Wildman–Crippen MR) is 84.9 cm³/mol. The first-order valence-corrected chi connectivity index (χ1v) is 7.63. The van der Waals surface area contributed by atoms with Crippen molar-refractivity contribution in [2.75, 3.05) is 5.32 Å². The van der Waals surface area contributed by atoms with Gasteiger partial charge in [0.1, 0.15) is 5.75 Å². The van der Waals surface area contributed by atoms with Crippen LogP contribution < -0.4 is 10.1 Å². The van der Waals surface area contributed by atoms with Crippen LogP contribution in [0.15, 0.2) is 48.8 Å². The fourth-order valence-corrected chi connectivity index (χ4v) is 2.35. The summed E-state index contributed by atoms with van der Waals surface area (Å²) < 4.78 is 28.6. The van der Waals surface area contributed by atoms with Gasteiger partial charge < -0.3 is 15.0 Å². The molecule has 0 bridgehead atoms. The van der Waals surface area contributed by atoms with Gasteiger partial charge in [-0.1, -0.05) is 0 Å². The first-order chi connectivity index (χ1) is 11.6. The molecule has 1 saturated carbocycles. The number of benzene rings is 1. The quantitative estimate of drug-likeness (QED) is 0.873. The van der Waals surface area contributed by atoms with Gasteiger partial charge in [-0.2, -0.15) is 8.78 Å². The molecule has 1 fully saturated rings. The number of anilines is 1. The third-order valence-corrected chi connectivity index (χ3v) is 3.68. The fraction of sp³-hybridized carbons (Fsp3) is 0.294. The summed E-state index contributed by atoms with van der Waals surface area (Å²) >= 11 is 0. The van der Waals surface area contributed by atoms with Gasteiger partial charge >= 0.3 is 12.6 Å². The van der Waals surface area contributed by atoms with Gasteiger partial charge in [-0.05, 0) is 54.8 Å². The molecule has 7 heteroatoms. The van der Waals surface area contributed by atoms with Crippen molar-refractivity contribution in [2.24, 2.45) is 0 Å². The number of carbonyl (C=O) groups is 1. The lowest BCUT2D eigenvalue weighted by molar-refractivity contribution is -0.0498. The monoisotopic (exact) mass is 333 g/mol. The van der Waals surface area contributed by atoms with Crippen LogP contribution in [0.3, 0.4) is 0 Å². The Morgan fingerprint density at radius 3 is 2.46 bits per heavy atom. The molecule has 1 aromatic heterocycles. The summed E-state index contributed by atoms with van der Waals surface area (Å²) in [6.07, 6.45) is 5.36. The molecule has 0 atom stereocenters. The third-order valence-electron chi connectivity index (χ3n) is 3.68. The zero-order valence-corrected chi connectivity index (χ0v) is 12.9. The van der Waals surface area contributed by atoms with E-state index < -0.39 is 6.61 Å².